The Morgan fingerprint density at radius 1 is 0.552 bits per heavy atom. The van der Waals surface area contributed by atoms with Gasteiger partial charge in [-0.1, -0.05) is 102 Å². The summed E-state index contributed by atoms with van der Waals surface area (Å²) in [6.45, 7) is 18.7. The van der Waals surface area contributed by atoms with E-state index in [-0.39, 0.29) is 10.8 Å². The predicted octanol–water partition coefficient (Wildman–Crippen LogP) is 14.3. The van der Waals surface area contributed by atoms with E-state index in [1.807, 2.05) is 24.4 Å². The van der Waals surface area contributed by atoms with Gasteiger partial charge in [0.1, 0.15) is 35.2 Å². The minimum atomic E-state index is -0.0147. The Kier molecular flexibility index (Phi) is 8.04. The molecule has 6 heteroatoms. The van der Waals surface area contributed by atoms with Crippen molar-refractivity contribution >= 4 is 66.5 Å². The molecule has 6 aromatic carbocycles. The van der Waals surface area contributed by atoms with Crippen LogP contribution in [0.3, 0.4) is 0 Å². The first-order chi connectivity index (χ1) is 27.8. The van der Waals surface area contributed by atoms with Gasteiger partial charge in [0.2, 0.25) is 0 Å². The molecule has 1 aliphatic heterocycles. The van der Waals surface area contributed by atoms with Crippen LogP contribution in [0.15, 0.2) is 138 Å². The molecule has 4 heterocycles. The molecule has 10 rings (SSSR count). The first kappa shape index (κ1) is 35.9. The van der Waals surface area contributed by atoms with Crippen molar-refractivity contribution in [1.82, 2.24) is 9.55 Å². The molecule has 0 fully saturated rings. The molecule has 0 saturated heterocycles. The van der Waals surface area contributed by atoms with Crippen LogP contribution in [0.1, 0.15) is 63.8 Å². The highest BCUT2D eigenvalue weighted by molar-refractivity contribution is 6.14. The molecule has 0 bridgehead atoms. The SMILES string of the molecule is Cc1cc(C(C)(C)C)cc(C)c1N1CN(c2cc(Oc3ccc4c5ccccc5n(-c5cc(C(C)(C)C)ccn5)c4c3)cc3oc4ccccc4c23)c2ccccc21. The number of furan rings is 1. The van der Waals surface area contributed by atoms with E-state index in [0.717, 1.165) is 61.3 Å². The molecule has 0 unspecified atom stereocenters. The van der Waals surface area contributed by atoms with Crippen LogP contribution in [0.2, 0.25) is 0 Å². The molecule has 288 valence electrons. The Morgan fingerprint density at radius 2 is 1.21 bits per heavy atom. The Hall–Kier alpha value is -6.53. The first-order valence-corrected chi connectivity index (χ1v) is 20.2. The Bertz CT molecular complexity index is 3060. The summed E-state index contributed by atoms with van der Waals surface area (Å²) >= 11 is 0. The third-order valence-electron chi connectivity index (χ3n) is 11.8. The number of ether oxygens (including phenoxy) is 1. The number of hydrogen-bond acceptors (Lipinski definition) is 5. The third kappa shape index (κ3) is 5.81. The number of rotatable bonds is 5. The van der Waals surface area contributed by atoms with Gasteiger partial charge < -0.3 is 19.0 Å². The van der Waals surface area contributed by atoms with Gasteiger partial charge in [0.05, 0.1) is 33.5 Å². The van der Waals surface area contributed by atoms with E-state index in [1.165, 1.54) is 39.0 Å². The molecule has 1 aliphatic rings. The van der Waals surface area contributed by atoms with E-state index < -0.39 is 0 Å². The van der Waals surface area contributed by atoms with Crippen LogP contribution in [0.4, 0.5) is 22.7 Å². The highest BCUT2D eigenvalue weighted by Crippen LogP contribution is 2.50. The number of aromatic nitrogens is 2. The summed E-state index contributed by atoms with van der Waals surface area (Å²) < 4.78 is 15.8. The molecule has 0 amide bonds. The highest BCUT2D eigenvalue weighted by atomic mass is 16.5. The van der Waals surface area contributed by atoms with Crippen molar-refractivity contribution in [2.75, 3.05) is 16.5 Å². The molecule has 58 heavy (non-hydrogen) atoms. The van der Waals surface area contributed by atoms with Crippen molar-refractivity contribution in [3.63, 3.8) is 0 Å². The number of para-hydroxylation sites is 4. The molecule has 0 aliphatic carbocycles. The molecule has 6 nitrogen and oxygen atoms in total. The van der Waals surface area contributed by atoms with Gasteiger partial charge in [0, 0.05) is 46.2 Å². The summed E-state index contributed by atoms with van der Waals surface area (Å²) in [5, 5.41) is 4.47. The third-order valence-corrected chi connectivity index (χ3v) is 11.8. The molecular formula is C52H48N4O2. The minimum Gasteiger partial charge on any atom is -0.457 e. The molecule has 0 saturated carbocycles. The van der Waals surface area contributed by atoms with E-state index in [4.69, 9.17) is 14.1 Å². The second-order valence-electron chi connectivity index (χ2n) is 17.9. The number of hydrogen-bond donors (Lipinski definition) is 0. The maximum absolute atomic E-state index is 6.90. The van der Waals surface area contributed by atoms with Crippen LogP contribution < -0.4 is 14.5 Å². The topological polar surface area (TPSA) is 46.7 Å². The quantitative estimate of drug-likeness (QED) is 0.175. The van der Waals surface area contributed by atoms with Gasteiger partial charge in [0.25, 0.3) is 0 Å². The lowest BCUT2D eigenvalue weighted by Gasteiger charge is -2.28. The van der Waals surface area contributed by atoms with Crippen LogP contribution in [-0.4, -0.2) is 16.2 Å². The van der Waals surface area contributed by atoms with Crippen molar-refractivity contribution in [3.05, 3.63) is 156 Å². The Morgan fingerprint density at radius 3 is 1.95 bits per heavy atom. The normalized spacial score (nSPS) is 13.4. The van der Waals surface area contributed by atoms with Crippen LogP contribution in [0.25, 0.3) is 49.6 Å². The zero-order chi connectivity index (χ0) is 40.1. The second-order valence-corrected chi connectivity index (χ2v) is 17.9. The van der Waals surface area contributed by atoms with Gasteiger partial charge in [-0.05, 0) is 95.5 Å². The molecule has 3 aromatic heterocycles. The largest absolute Gasteiger partial charge is 0.457 e. The highest BCUT2D eigenvalue weighted by Gasteiger charge is 2.32. The van der Waals surface area contributed by atoms with Crippen molar-refractivity contribution in [2.45, 2.75) is 66.2 Å². The molecule has 0 radical (unpaired) electrons. The van der Waals surface area contributed by atoms with E-state index in [9.17, 15) is 0 Å². The fraction of sp³-hybridized carbons (Fsp3) is 0.212. The average molecular weight is 761 g/mol. The van der Waals surface area contributed by atoms with Crippen LogP contribution >= 0.6 is 0 Å². The zero-order valence-electron chi connectivity index (χ0n) is 34.5. The summed E-state index contributed by atoms with van der Waals surface area (Å²) in [7, 11) is 0. The van der Waals surface area contributed by atoms with Gasteiger partial charge >= 0.3 is 0 Å². The summed E-state index contributed by atoms with van der Waals surface area (Å²) in [5.41, 5.74) is 13.5. The molecule has 0 spiro atoms. The molecule has 0 atom stereocenters. The van der Waals surface area contributed by atoms with Gasteiger partial charge in [-0.15, -0.1) is 0 Å². The van der Waals surface area contributed by atoms with Crippen LogP contribution in [0, 0.1) is 13.8 Å². The summed E-state index contributed by atoms with van der Waals surface area (Å²) in [6.07, 6.45) is 1.92. The predicted molar refractivity (Wildman–Crippen MR) is 241 cm³/mol. The average Bonchev–Trinajstić information content (AvgIpc) is 3.86. The number of aryl methyl sites for hydroxylation is 2. The van der Waals surface area contributed by atoms with Crippen molar-refractivity contribution in [1.29, 1.82) is 0 Å². The van der Waals surface area contributed by atoms with Crippen molar-refractivity contribution in [3.8, 4) is 17.3 Å². The molecule has 9 aromatic rings. The Balaban J connectivity index is 1.11. The minimum absolute atomic E-state index is 0.0147. The van der Waals surface area contributed by atoms with Crippen molar-refractivity contribution < 1.29 is 9.15 Å². The Labute approximate surface area is 339 Å². The summed E-state index contributed by atoms with van der Waals surface area (Å²) in [6, 6.07) is 45.2. The fourth-order valence-electron chi connectivity index (χ4n) is 8.91. The van der Waals surface area contributed by atoms with E-state index in [0.29, 0.717) is 12.4 Å². The van der Waals surface area contributed by atoms with Gasteiger partial charge in [-0.2, -0.15) is 0 Å². The number of nitrogens with zero attached hydrogens (tertiary/aromatic N) is 4. The van der Waals surface area contributed by atoms with Crippen LogP contribution in [0.5, 0.6) is 11.5 Å². The lowest BCUT2D eigenvalue weighted by molar-refractivity contribution is 0.483. The number of anilines is 4. The van der Waals surface area contributed by atoms with Crippen LogP contribution in [-0.2, 0) is 10.8 Å². The molecule has 0 N–H and O–H groups in total. The summed E-state index contributed by atoms with van der Waals surface area (Å²) in [4.78, 5) is 9.77. The number of pyridine rings is 1. The maximum Gasteiger partial charge on any atom is 0.141 e. The van der Waals surface area contributed by atoms with Crippen molar-refractivity contribution in [2.24, 2.45) is 0 Å². The summed E-state index contributed by atoms with van der Waals surface area (Å²) in [5.74, 6) is 2.32. The molecular weight excluding hydrogens is 713 g/mol. The maximum atomic E-state index is 6.90. The van der Waals surface area contributed by atoms with E-state index in [2.05, 4.69) is 179 Å². The van der Waals surface area contributed by atoms with Gasteiger partial charge in [-0.3, -0.25) is 4.57 Å². The van der Waals surface area contributed by atoms with Gasteiger partial charge in [-0.25, -0.2) is 4.98 Å². The first-order valence-electron chi connectivity index (χ1n) is 20.2. The number of fused-ring (bicyclic) bond motifs is 7. The fourth-order valence-corrected chi connectivity index (χ4v) is 8.91. The van der Waals surface area contributed by atoms with E-state index >= 15 is 0 Å². The zero-order valence-corrected chi connectivity index (χ0v) is 34.5. The smallest absolute Gasteiger partial charge is 0.141 e. The number of benzene rings is 6. The van der Waals surface area contributed by atoms with E-state index in [1.54, 1.807) is 0 Å². The standard InChI is InChI=1S/C52H48N4O2/c1-32-25-35(52(6,7)8)26-33(2)50(32)55-31-54(42-18-12-13-19-43(42)55)45-29-37(30-47-49(45)40-16-10-14-20-46(40)58-47)57-36-21-22-39-38-15-9-11-17-41(38)56(44(39)28-36)48-27-34(23-24-53-48)51(3,4)5/h9-30H,31H2,1-8H3. The van der Waals surface area contributed by atoms with Gasteiger partial charge in [0.15, 0.2) is 0 Å². The lowest BCUT2D eigenvalue weighted by Crippen LogP contribution is -2.25. The lowest BCUT2D eigenvalue weighted by atomic mass is 9.84. The monoisotopic (exact) mass is 760 g/mol. The second kappa shape index (κ2) is 13.0.